The van der Waals surface area contributed by atoms with Crippen molar-refractivity contribution in [2.75, 3.05) is 14.2 Å². The van der Waals surface area contributed by atoms with Crippen molar-refractivity contribution in [3.8, 4) is 0 Å². The van der Waals surface area contributed by atoms with Crippen molar-refractivity contribution >= 4 is 11.8 Å². The SMILES string of the molecule is COC(=CC(=O)C(=O)O)OC. The summed E-state index contributed by atoms with van der Waals surface area (Å²) in [5.74, 6) is -2.75. The standard InChI is InChI=1S/C6H8O5/c1-10-5(11-2)3-4(7)6(8)9/h3H,1-2H3,(H,8,9). The van der Waals surface area contributed by atoms with E-state index in [2.05, 4.69) is 9.47 Å². The zero-order valence-corrected chi connectivity index (χ0v) is 6.16. The van der Waals surface area contributed by atoms with Crippen LogP contribution in [0.5, 0.6) is 0 Å². The lowest BCUT2D eigenvalue weighted by atomic mass is 10.4. The number of hydrogen-bond acceptors (Lipinski definition) is 4. The van der Waals surface area contributed by atoms with Gasteiger partial charge in [0.2, 0.25) is 0 Å². The zero-order chi connectivity index (χ0) is 8.85. The van der Waals surface area contributed by atoms with Crippen molar-refractivity contribution in [3.63, 3.8) is 0 Å². The minimum atomic E-state index is -1.54. The summed E-state index contributed by atoms with van der Waals surface area (Å²) in [4.78, 5) is 20.4. The predicted molar refractivity (Wildman–Crippen MR) is 34.7 cm³/mol. The quantitative estimate of drug-likeness (QED) is 0.349. The Morgan fingerprint density at radius 2 is 1.73 bits per heavy atom. The Balaban J connectivity index is 4.27. The first kappa shape index (κ1) is 9.48. The Labute approximate surface area is 63.2 Å². The van der Waals surface area contributed by atoms with E-state index >= 15 is 0 Å². The molecule has 0 aliphatic heterocycles. The Kier molecular flexibility index (Phi) is 3.72. The fourth-order valence-corrected chi connectivity index (χ4v) is 0.370. The highest BCUT2D eigenvalue weighted by Gasteiger charge is 2.09. The monoisotopic (exact) mass is 160 g/mol. The second-order valence-corrected chi connectivity index (χ2v) is 1.54. The summed E-state index contributed by atoms with van der Waals surface area (Å²) in [6, 6.07) is 0. The van der Waals surface area contributed by atoms with E-state index in [1.54, 1.807) is 0 Å². The van der Waals surface area contributed by atoms with Gasteiger partial charge in [0.15, 0.2) is 0 Å². The fraction of sp³-hybridized carbons (Fsp3) is 0.333. The average Bonchev–Trinajstić information content (AvgIpc) is 1.99. The third-order valence-electron chi connectivity index (χ3n) is 0.862. The highest BCUT2D eigenvalue weighted by atomic mass is 16.7. The molecule has 11 heavy (non-hydrogen) atoms. The first-order valence-electron chi connectivity index (χ1n) is 2.68. The number of ketones is 1. The van der Waals surface area contributed by atoms with Crippen molar-refractivity contribution in [2.24, 2.45) is 0 Å². The maximum absolute atomic E-state index is 10.4. The van der Waals surface area contributed by atoms with Crippen LogP contribution in [0.25, 0.3) is 0 Å². The van der Waals surface area contributed by atoms with E-state index in [0.717, 1.165) is 6.08 Å². The maximum Gasteiger partial charge on any atom is 0.376 e. The van der Waals surface area contributed by atoms with Crippen LogP contribution in [0.3, 0.4) is 0 Å². The first-order chi connectivity index (χ1) is 5.11. The van der Waals surface area contributed by atoms with Gasteiger partial charge in [-0.3, -0.25) is 4.79 Å². The minimum Gasteiger partial charge on any atom is -0.475 e. The highest BCUT2D eigenvalue weighted by molar-refractivity contribution is 6.37. The largest absolute Gasteiger partial charge is 0.475 e. The van der Waals surface area contributed by atoms with Crippen LogP contribution < -0.4 is 0 Å². The van der Waals surface area contributed by atoms with E-state index in [-0.39, 0.29) is 5.95 Å². The van der Waals surface area contributed by atoms with Crippen molar-refractivity contribution in [3.05, 3.63) is 12.0 Å². The number of carbonyl (C=O) groups is 2. The molecule has 5 heteroatoms. The number of methoxy groups -OCH3 is 2. The molecule has 0 radical (unpaired) electrons. The molecule has 0 aromatic heterocycles. The molecule has 0 unspecified atom stereocenters. The Hall–Kier alpha value is -1.52. The summed E-state index contributed by atoms with van der Waals surface area (Å²) in [5, 5.41) is 8.12. The van der Waals surface area contributed by atoms with Gasteiger partial charge in [0.25, 0.3) is 11.7 Å². The molecule has 1 N–H and O–H groups in total. The van der Waals surface area contributed by atoms with Gasteiger partial charge in [-0.1, -0.05) is 0 Å². The second-order valence-electron chi connectivity index (χ2n) is 1.54. The van der Waals surface area contributed by atoms with Crippen LogP contribution in [0.15, 0.2) is 12.0 Å². The van der Waals surface area contributed by atoms with Gasteiger partial charge in [-0.05, 0) is 0 Å². The van der Waals surface area contributed by atoms with Crippen LogP contribution in [0.2, 0.25) is 0 Å². The molecule has 0 bridgehead atoms. The average molecular weight is 160 g/mol. The molecule has 0 aliphatic carbocycles. The van der Waals surface area contributed by atoms with E-state index < -0.39 is 11.8 Å². The first-order valence-corrected chi connectivity index (χ1v) is 2.68. The Bertz CT molecular complexity index is 187. The van der Waals surface area contributed by atoms with Crippen LogP contribution in [0, 0.1) is 0 Å². The number of carboxylic acid groups (broad SMARTS) is 1. The number of aliphatic carboxylic acids is 1. The summed E-state index contributed by atoms with van der Waals surface area (Å²) < 4.78 is 8.95. The van der Waals surface area contributed by atoms with E-state index in [0.29, 0.717) is 0 Å². The molecule has 62 valence electrons. The summed E-state index contributed by atoms with van der Waals surface area (Å²) in [6.45, 7) is 0. The summed E-state index contributed by atoms with van der Waals surface area (Å²) in [5.41, 5.74) is 0. The van der Waals surface area contributed by atoms with Gasteiger partial charge < -0.3 is 14.6 Å². The maximum atomic E-state index is 10.4. The normalized spacial score (nSPS) is 8.18. The topological polar surface area (TPSA) is 72.8 Å². The van der Waals surface area contributed by atoms with E-state index in [1.807, 2.05) is 0 Å². The van der Waals surface area contributed by atoms with Crippen LogP contribution >= 0.6 is 0 Å². The van der Waals surface area contributed by atoms with Crippen LogP contribution in [-0.2, 0) is 19.1 Å². The lowest BCUT2D eigenvalue weighted by molar-refractivity contribution is -0.147. The van der Waals surface area contributed by atoms with Gasteiger partial charge in [-0.25, -0.2) is 4.79 Å². The third-order valence-corrected chi connectivity index (χ3v) is 0.862. The van der Waals surface area contributed by atoms with Gasteiger partial charge in [-0.15, -0.1) is 0 Å². The molecular weight excluding hydrogens is 152 g/mol. The van der Waals surface area contributed by atoms with Crippen LogP contribution in [0.4, 0.5) is 0 Å². The molecule has 0 aromatic carbocycles. The van der Waals surface area contributed by atoms with Gasteiger partial charge in [0.05, 0.1) is 20.3 Å². The molecule has 0 amide bonds. The number of carbonyl (C=O) groups excluding carboxylic acids is 1. The molecule has 0 aromatic rings. The zero-order valence-electron chi connectivity index (χ0n) is 6.16. The van der Waals surface area contributed by atoms with Gasteiger partial charge in [0.1, 0.15) is 0 Å². The number of ether oxygens (including phenoxy) is 2. The summed E-state index contributed by atoms with van der Waals surface area (Å²) in [6.07, 6.45) is 0.752. The molecule has 5 nitrogen and oxygen atoms in total. The van der Waals surface area contributed by atoms with Crippen LogP contribution in [-0.4, -0.2) is 31.1 Å². The molecule has 0 saturated heterocycles. The van der Waals surface area contributed by atoms with E-state index in [1.165, 1.54) is 14.2 Å². The Morgan fingerprint density at radius 1 is 1.27 bits per heavy atom. The number of rotatable bonds is 4. The van der Waals surface area contributed by atoms with Gasteiger partial charge in [-0.2, -0.15) is 0 Å². The Morgan fingerprint density at radius 3 is 2.00 bits per heavy atom. The van der Waals surface area contributed by atoms with Gasteiger partial charge in [0, 0.05) is 0 Å². The number of carboxylic acids is 1. The van der Waals surface area contributed by atoms with Crippen molar-refractivity contribution in [1.29, 1.82) is 0 Å². The van der Waals surface area contributed by atoms with Gasteiger partial charge >= 0.3 is 5.97 Å². The summed E-state index contributed by atoms with van der Waals surface area (Å²) >= 11 is 0. The number of hydrogen-bond donors (Lipinski definition) is 1. The lowest BCUT2D eigenvalue weighted by Gasteiger charge is -2.00. The second kappa shape index (κ2) is 4.32. The molecular formula is C6H8O5. The van der Waals surface area contributed by atoms with Crippen molar-refractivity contribution in [2.45, 2.75) is 0 Å². The lowest BCUT2D eigenvalue weighted by Crippen LogP contribution is -2.10. The van der Waals surface area contributed by atoms with E-state index in [4.69, 9.17) is 5.11 Å². The summed E-state index contributed by atoms with van der Waals surface area (Å²) in [7, 11) is 2.54. The minimum absolute atomic E-state index is 0.127. The molecule has 0 rings (SSSR count). The molecule has 0 saturated carbocycles. The van der Waals surface area contributed by atoms with Crippen molar-refractivity contribution < 1.29 is 24.2 Å². The smallest absolute Gasteiger partial charge is 0.376 e. The van der Waals surface area contributed by atoms with Crippen molar-refractivity contribution in [1.82, 2.24) is 0 Å². The predicted octanol–water partition coefficient (Wildman–Crippen LogP) is -0.226. The van der Waals surface area contributed by atoms with Crippen LogP contribution in [0.1, 0.15) is 0 Å². The molecule has 0 fully saturated rings. The molecule has 0 spiro atoms. The highest BCUT2D eigenvalue weighted by Crippen LogP contribution is 1.94. The third kappa shape index (κ3) is 3.24. The molecule has 0 atom stereocenters. The molecule has 0 heterocycles. The fourth-order valence-electron chi connectivity index (χ4n) is 0.370. The molecule has 0 aliphatic rings. The van der Waals surface area contributed by atoms with E-state index in [9.17, 15) is 9.59 Å².